The van der Waals surface area contributed by atoms with Crippen molar-refractivity contribution in [1.82, 2.24) is 20.1 Å². The second-order valence-corrected chi connectivity index (χ2v) is 9.44. The largest absolute Gasteiger partial charge is 0.441 e. The van der Waals surface area contributed by atoms with E-state index in [9.17, 15) is 13.2 Å². The number of hydrogen-bond acceptors (Lipinski definition) is 6. The number of carbonyl (C=O) groups excluding carboxylic acids is 1. The van der Waals surface area contributed by atoms with Crippen LogP contribution in [-0.4, -0.2) is 29.1 Å². The predicted molar refractivity (Wildman–Crippen MR) is 128 cm³/mol. The maximum absolute atomic E-state index is 12.4. The minimum absolute atomic E-state index is 0.108. The molecule has 4 rings (SSSR count). The zero-order chi connectivity index (χ0) is 24.1. The van der Waals surface area contributed by atoms with E-state index >= 15 is 0 Å². The van der Waals surface area contributed by atoms with Crippen LogP contribution in [-0.2, 0) is 28.9 Å². The van der Waals surface area contributed by atoms with E-state index < -0.39 is 10.0 Å². The number of nitrogens with one attached hydrogen (secondary N) is 2. The number of anilines is 1. The molecule has 1 amide bonds. The van der Waals surface area contributed by atoms with Crippen molar-refractivity contribution in [3.05, 3.63) is 89.6 Å². The normalized spacial score (nSPS) is 11.4. The summed E-state index contributed by atoms with van der Waals surface area (Å²) in [5.74, 6) is 0.630. The summed E-state index contributed by atoms with van der Waals surface area (Å²) in [6.07, 6.45) is 3.21. The molecular weight excluding hydrogens is 454 g/mol. The summed E-state index contributed by atoms with van der Waals surface area (Å²) < 4.78 is 34.9. The minimum atomic E-state index is -3.54. The van der Waals surface area contributed by atoms with Gasteiger partial charge >= 0.3 is 0 Å². The maximum atomic E-state index is 12.4. The fourth-order valence-electron chi connectivity index (χ4n) is 3.33. The molecule has 0 aliphatic rings. The Morgan fingerprint density at radius 3 is 2.50 bits per heavy atom. The van der Waals surface area contributed by atoms with Gasteiger partial charge in [0.25, 0.3) is 5.91 Å². The number of sulfonamides is 1. The van der Waals surface area contributed by atoms with Gasteiger partial charge in [-0.25, -0.2) is 13.4 Å². The molecule has 0 aliphatic carbocycles. The lowest BCUT2D eigenvalue weighted by Crippen LogP contribution is -2.23. The lowest BCUT2D eigenvalue weighted by Gasteiger charge is -2.08. The summed E-state index contributed by atoms with van der Waals surface area (Å²) in [7, 11) is -3.54. The summed E-state index contributed by atoms with van der Waals surface area (Å²) >= 11 is 0. The highest BCUT2D eigenvalue weighted by molar-refractivity contribution is 7.91. The number of carbonyl (C=O) groups is 1. The average molecular weight is 480 g/mol. The number of rotatable bonds is 9. The van der Waals surface area contributed by atoms with Gasteiger partial charge in [-0.2, -0.15) is 5.10 Å². The van der Waals surface area contributed by atoms with Crippen molar-refractivity contribution in [2.24, 2.45) is 0 Å². The van der Waals surface area contributed by atoms with Gasteiger partial charge in [0.2, 0.25) is 15.9 Å². The number of oxazole rings is 1. The first-order valence-electron chi connectivity index (χ1n) is 10.7. The Morgan fingerprint density at radius 1 is 1.09 bits per heavy atom. The monoisotopic (exact) mass is 479 g/mol. The van der Waals surface area contributed by atoms with Gasteiger partial charge in [0.1, 0.15) is 11.5 Å². The third-order valence-electron chi connectivity index (χ3n) is 5.13. The van der Waals surface area contributed by atoms with Crippen LogP contribution in [0.15, 0.2) is 71.4 Å². The van der Waals surface area contributed by atoms with Crippen molar-refractivity contribution >= 4 is 21.6 Å². The van der Waals surface area contributed by atoms with Crippen molar-refractivity contribution < 1.29 is 17.6 Å². The number of hydrogen-bond donors (Lipinski definition) is 2. The van der Waals surface area contributed by atoms with Gasteiger partial charge in [-0.15, -0.1) is 0 Å². The van der Waals surface area contributed by atoms with Gasteiger partial charge in [0.05, 0.1) is 24.1 Å². The molecule has 2 aromatic heterocycles. The molecule has 0 aliphatic heterocycles. The molecule has 2 N–H and O–H groups in total. The van der Waals surface area contributed by atoms with Crippen LogP contribution in [0.25, 0.3) is 11.5 Å². The molecule has 34 heavy (non-hydrogen) atoms. The van der Waals surface area contributed by atoms with Crippen LogP contribution in [0, 0.1) is 6.92 Å². The molecule has 0 fully saturated rings. The highest BCUT2D eigenvalue weighted by atomic mass is 32.2. The third kappa shape index (κ3) is 5.70. The Labute approximate surface area is 197 Å². The summed E-state index contributed by atoms with van der Waals surface area (Å²) in [6, 6.07) is 15.8. The van der Waals surface area contributed by atoms with Gasteiger partial charge in [-0.3, -0.25) is 14.2 Å². The fourth-order valence-corrected chi connectivity index (χ4v) is 4.52. The molecule has 4 aromatic rings. The average Bonchev–Trinajstić information content (AvgIpc) is 3.45. The van der Waals surface area contributed by atoms with E-state index in [1.807, 2.05) is 13.0 Å². The van der Waals surface area contributed by atoms with E-state index in [0.29, 0.717) is 46.3 Å². The summed E-state index contributed by atoms with van der Waals surface area (Å²) in [5.41, 5.74) is 2.94. The molecule has 176 valence electrons. The smallest absolute Gasteiger partial charge is 0.254 e. The molecular formula is C24H25N5O4S. The number of nitrogens with zero attached hydrogens (tertiary/aromatic N) is 3. The Hall–Kier alpha value is -3.92. The SMILES string of the molecule is CCn1cc(C(=O)NCc2nc(-c3ccc(NS(=O)(=O)Cc4ccccc4)cc3)oc2C)cn1. The van der Waals surface area contributed by atoms with Crippen molar-refractivity contribution in [2.75, 3.05) is 4.72 Å². The number of benzene rings is 2. The van der Waals surface area contributed by atoms with Crippen LogP contribution in [0.5, 0.6) is 0 Å². The molecule has 0 saturated heterocycles. The summed E-state index contributed by atoms with van der Waals surface area (Å²) in [6.45, 7) is 4.62. The van der Waals surface area contributed by atoms with Gasteiger partial charge < -0.3 is 9.73 Å². The second kappa shape index (κ2) is 9.92. The second-order valence-electron chi connectivity index (χ2n) is 7.71. The van der Waals surface area contributed by atoms with Crippen molar-refractivity contribution in [3.8, 4) is 11.5 Å². The molecule has 0 spiro atoms. The molecule has 0 radical (unpaired) electrons. The quantitative estimate of drug-likeness (QED) is 0.377. The Kier molecular flexibility index (Phi) is 6.78. The zero-order valence-corrected chi connectivity index (χ0v) is 19.7. The Morgan fingerprint density at radius 2 is 1.82 bits per heavy atom. The first-order valence-corrected chi connectivity index (χ1v) is 12.4. The molecule has 9 nitrogen and oxygen atoms in total. The number of aryl methyl sites for hydroxylation is 2. The van der Waals surface area contributed by atoms with E-state index in [0.717, 1.165) is 0 Å². The first kappa shape index (κ1) is 23.2. The van der Waals surface area contributed by atoms with Gasteiger partial charge in [0.15, 0.2) is 0 Å². The summed E-state index contributed by atoms with van der Waals surface area (Å²) in [4.78, 5) is 16.8. The molecule has 0 bridgehead atoms. The van der Waals surface area contributed by atoms with Crippen molar-refractivity contribution in [2.45, 2.75) is 32.7 Å². The van der Waals surface area contributed by atoms with Crippen LogP contribution in [0.1, 0.15) is 34.3 Å². The van der Waals surface area contributed by atoms with Gasteiger partial charge in [-0.05, 0) is 43.7 Å². The molecule has 0 unspecified atom stereocenters. The van der Waals surface area contributed by atoms with E-state index in [1.165, 1.54) is 6.20 Å². The highest BCUT2D eigenvalue weighted by Gasteiger charge is 2.15. The molecule has 0 atom stereocenters. The van der Waals surface area contributed by atoms with Crippen molar-refractivity contribution in [3.63, 3.8) is 0 Å². The van der Waals surface area contributed by atoms with Crippen LogP contribution >= 0.6 is 0 Å². The predicted octanol–water partition coefficient (Wildman–Crippen LogP) is 3.74. The standard InChI is InChI=1S/C24H25N5O4S/c1-3-29-15-20(13-26-29)23(30)25-14-22-17(2)33-24(27-22)19-9-11-21(12-10-19)28-34(31,32)16-18-7-5-4-6-8-18/h4-13,15,28H,3,14,16H2,1-2H3,(H,25,30). The fraction of sp³-hybridized carbons (Fsp3) is 0.208. The van der Waals surface area contributed by atoms with Crippen LogP contribution in [0.3, 0.4) is 0 Å². The maximum Gasteiger partial charge on any atom is 0.254 e. The number of amides is 1. The van der Waals surface area contributed by atoms with Crippen LogP contribution in [0.2, 0.25) is 0 Å². The molecule has 2 aromatic carbocycles. The van der Waals surface area contributed by atoms with Crippen LogP contribution < -0.4 is 10.0 Å². The van der Waals surface area contributed by atoms with E-state index in [2.05, 4.69) is 20.1 Å². The van der Waals surface area contributed by atoms with Crippen molar-refractivity contribution in [1.29, 1.82) is 0 Å². The van der Waals surface area contributed by atoms with Gasteiger partial charge in [-0.1, -0.05) is 30.3 Å². The number of aromatic nitrogens is 3. The van der Waals surface area contributed by atoms with Crippen LogP contribution in [0.4, 0.5) is 5.69 Å². The van der Waals surface area contributed by atoms with E-state index in [1.54, 1.807) is 66.3 Å². The third-order valence-corrected chi connectivity index (χ3v) is 6.39. The molecule has 2 heterocycles. The topological polar surface area (TPSA) is 119 Å². The lowest BCUT2D eigenvalue weighted by molar-refractivity contribution is 0.0950. The lowest BCUT2D eigenvalue weighted by atomic mass is 10.2. The Bertz CT molecular complexity index is 1380. The zero-order valence-electron chi connectivity index (χ0n) is 18.9. The first-order chi connectivity index (χ1) is 16.3. The summed E-state index contributed by atoms with van der Waals surface area (Å²) in [5, 5.41) is 6.92. The van der Waals surface area contributed by atoms with E-state index in [4.69, 9.17) is 4.42 Å². The molecule has 0 saturated carbocycles. The minimum Gasteiger partial charge on any atom is -0.441 e. The van der Waals surface area contributed by atoms with E-state index in [-0.39, 0.29) is 18.2 Å². The Balaban J connectivity index is 1.39. The van der Waals surface area contributed by atoms with Gasteiger partial charge in [0, 0.05) is 24.0 Å². The molecule has 10 heteroatoms. The highest BCUT2D eigenvalue weighted by Crippen LogP contribution is 2.24.